The van der Waals surface area contributed by atoms with Crippen LogP contribution in [0.4, 0.5) is 5.69 Å². The van der Waals surface area contributed by atoms with E-state index in [0.717, 1.165) is 12.2 Å². The molecule has 0 saturated carbocycles. The molecule has 0 atom stereocenters. The van der Waals surface area contributed by atoms with Crippen LogP contribution in [0.3, 0.4) is 0 Å². The topological polar surface area (TPSA) is 29.3 Å². The van der Waals surface area contributed by atoms with Crippen molar-refractivity contribution < 1.29 is 0 Å². The molecule has 0 bridgehead atoms. The van der Waals surface area contributed by atoms with Gasteiger partial charge in [0, 0.05) is 12.2 Å². The highest BCUT2D eigenvalue weighted by molar-refractivity contribution is 7.80. The number of thiocarbonyl (C=S) groups is 1. The van der Waals surface area contributed by atoms with E-state index >= 15 is 0 Å². The third-order valence-corrected chi connectivity index (χ3v) is 2.85. The Kier molecular flexibility index (Phi) is 3.06. The van der Waals surface area contributed by atoms with Crippen LogP contribution in [0.2, 0.25) is 0 Å². The number of fused-ring (bicyclic) bond motifs is 1. The second kappa shape index (κ2) is 4.49. The summed E-state index contributed by atoms with van der Waals surface area (Å²) < 4.78 is 0. The fraction of sp³-hybridized carbons (Fsp3) is 0.154. The van der Waals surface area contributed by atoms with Gasteiger partial charge in [-0.1, -0.05) is 30.3 Å². The van der Waals surface area contributed by atoms with Crippen molar-refractivity contribution in [1.82, 2.24) is 0 Å². The molecule has 0 heterocycles. The molecule has 0 aliphatic heterocycles. The quantitative estimate of drug-likeness (QED) is 0.804. The van der Waals surface area contributed by atoms with E-state index < -0.39 is 0 Å². The lowest BCUT2D eigenvalue weighted by Crippen LogP contribution is -2.35. The van der Waals surface area contributed by atoms with Crippen LogP contribution in [0.1, 0.15) is 6.92 Å². The minimum Gasteiger partial charge on any atom is -0.376 e. The molecule has 2 rings (SSSR count). The third kappa shape index (κ3) is 1.99. The van der Waals surface area contributed by atoms with E-state index in [1.54, 1.807) is 0 Å². The van der Waals surface area contributed by atoms with Crippen molar-refractivity contribution in [2.24, 2.45) is 5.73 Å². The zero-order valence-electron chi connectivity index (χ0n) is 9.18. The van der Waals surface area contributed by atoms with Crippen molar-refractivity contribution in [3.8, 4) is 0 Å². The molecule has 2 aromatic carbocycles. The molecule has 2 aromatic rings. The van der Waals surface area contributed by atoms with Crippen LogP contribution in [-0.2, 0) is 0 Å². The second-order valence-electron chi connectivity index (χ2n) is 3.61. The average molecular weight is 230 g/mol. The molecule has 0 aliphatic carbocycles. The fourth-order valence-corrected chi connectivity index (χ4v) is 2.04. The zero-order valence-corrected chi connectivity index (χ0v) is 10.00. The highest BCUT2D eigenvalue weighted by atomic mass is 32.1. The molecule has 0 spiro atoms. The number of hydrogen-bond donors (Lipinski definition) is 1. The van der Waals surface area contributed by atoms with Crippen LogP contribution in [0.5, 0.6) is 0 Å². The fourth-order valence-electron chi connectivity index (χ4n) is 1.81. The highest BCUT2D eigenvalue weighted by Crippen LogP contribution is 2.21. The van der Waals surface area contributed by atoms with Crippen molar-refractivity contribution in [3.63, 3.8) is 0 Å². The monoisotopic (exact) mass is 230 g/mol. The summed E-state index contributed by atoms with van der Waals surface area (Å²) in [4.78, 5) is 1.92. The van der Waals surface area contributed by atoms with Gasteiger partial charge in [-0.3, -0.25) is 0 Å². The highest BCUT2D eigenvalue weighted by Gasteiger charge is 2.06. The van der Waals surface area contributed by atoms with Gasteiger partial charge in [-0.15, -0.1) is 0 Å². The predicted octanol–water partition coefficient (Wildman–Crippen LogP) is 2.91. The van der Waals surface area contributed by atoms with Gasteiger partial charge >= 0.3 is 0 Å². The van der Waals surface area contributed by atoms with Gasteiger partial charge in [-0.05, 0) is 42.0 Å². The van der Waals surface area contributed by atoms with Crippen LogP contribution in [0.25, 0.3) is 10.8 Å². The van der Waals surface area contributed by atoms with Crippen molar-refractivity contribution in [3.05, 3.63) is 42.5 Å². The van der Waals surface area contributed by atoms with E-state index in [4.69, 9.17) is 18.0 Å². The first-order valence-electron chi connectivity index (χ1n) is 5.28. The number of hydrogen-bond acceptors (Lipinski definition) is 1. The molecule has 2 N–H and O–H groups in total. The third-order valence-electron chi connectivity index (χ3n) is 2.63. The lowest BCUT2D eigenvalue weighted by Gasteiger charge is -2.21. The standard InChI is InChI=1S/C13H14N2S/c1-2-15(13(14)16)12-8-7-10-5-3-4-6-11(10)9-12/h3-9H,2H2,1H3,(H2,14,16). The number of nitrogens with zero attached hydrogens (tertiary/aromatic N) is 1. The van der Waals surface area contributed by atoms with Gasteiger partial charge in [-0.25, -0.2) is 0 Å². The Bertz CT molecular complexity index is 522. The van der Waals surface area contributed by atoms with Crippen molar-refractivity contribution in [2.75, 3.05) is 11.4 Å². The maximum atomic E-state index is 5.68. The SMILES string of the molecule is CCN(C(N)=S)c1ccc2ccccc2c1. The molecule has 0 fully saturated rings. The minimum absolute atomic E-state index is 0.415. The van der Waals surface area contributed by atoms with E-state index in [-0.39, 0.29) is 0 Å². The molecular formula is C13H14N2S. The van der Waals surface area contributed by atoms with Gasteiger partial charge in [0.25, 0.3) is 0 Å². The predicted molar refractivity (Wildman–Crippen MR) is 73.8 cm³/mol. The summed E-state index contributed by atoms with van der Waals surface area (Å²) in [5.74, 6) is 0. The molecule has 82 valence electrons. The summed E-state index contributed by atoms with van der Waals surface area (Å²) in [6.07, 6.45) is 0. The largest absolute Gasteiger partial charge is 0.376 e. The molecular weight excluding hydrogens is 216 g/mol. The van der Waals surface area contributed by atoms with Crippen LogP contribution in [0, 0.1) is 0 Å². The maximum absolute atomic E-state index is 5.68. The number of anilines is 1. The summed E-state index contributed by atoms with van der Waals surface area (Å²) in [5, 5.41) is 2.85. The molecule has 3 heteroatoms. The first-order valence-corrected chi connectivity index (χ1v) is 5.69. The van der Waals surface area contributed by atoms with Gasteiger partial charge in [0.05, 0.1) is 0 Å². The summed E-state index contributed by atoms with van der Waals surface area (Å²) in [6, 6.07) is 14.5. The van der Waals surface area contributed by atoms with Crippen molar-refractivity contribution >= 4 is 33.8 Å². The second-order valence-corrected chi connectivity index (χ2v) is 4.03. The van der Waals surface area contributed by atoms with Gasteiger partial charge in [-0.2, -0.15) is 0 Å². The van der Waals surface area contributed by atoms with Crippen LogP contribution in [-0.4, -0.2) is 11.7 Å². The molecule has 0 radical (unpaired) electrons. The molecule has 0 saturated heterocycles. The van der Waals surface area contributed by atoms with Crippen molar-refractivity contribution in [2.45, 2.75) is 6.92 Å². The first-order chi connectivity index (χ1) is 7.72. The molecule has 0 aliphatic rings. The van der Waals surface area contributed by atoms with Crippen LogP contribution >= 0.6 is 12.2 Å². The zero-order chi connectivity index (χ0) is 11.5. The van der Waals surface area contributed by atoms with E-state index in [1.165, 1.54) is 10.8 Å². The number of benzene rings is 2. The molecule has 16 heavy (non-hydrogen) atoms. The number of nitrogens with two attached hydrogens (primary N) is 1. The lowest BCUT2D eigenvalue weighted by atomic mass is 10.1. The molecule has 0 unspecified atom stereocenters. The van der Waals surface area contributed by atoms with Gasteiger partial charge < -0.3 is 10.6 Å². The van der Waals surface area contributed by atoms with E-state index in [1.807, 2.05) is 30.0 Å². The molecule has 0 amide bonds. The average Bonchev–Trinajstić information content (AvgIpc) is 2.29. The Balaban J connectivity index is 2.49. The van der Waals surface area contributed by atoms with E-state index in [2.05, 4.69) is 24.3 Å². The molecule has 2 nitrogen and oxygen atoms in total. The summed E-state index contributed by atoms with van der Waals surface area (Å²) in [6.45, 7) is 2.82. The van der Waals surface area contributed by atoms with Crippen LogP contribution in [0.15, 0.2) is 42.5 Å². The van der Waals surface area contributed by atoms with Crippen LogP contribution < -0.4 is 10.6 Å². The summed E-state index contributed by atoms with van der Waals surface area (Å²) in [5.41, 5.74) is 6.73. The van der Waals surface area contributed by atoms with Gasteiger partial charge in [0.1, 0.15) is 0 Å². The van der Waals surface area contributed by atoms with E-state index in [9.17, 15) is 0 Å². The van der Waals surface area contributed by atoms with Gasteiger partial charge in [0.15, 0.2) is 5.11 Å². The Hall–Kier alpha value is -1.61. The maximum Gasteiger partial charge on any atom is 0.170 e. The summed E-state index contributed by atoms with van der Waals surface area (Å²) in [7, 11) is 0. The Morgan fingerprint density at radius 1 is 1.19 bits per heavy atom. The lowest BCUT2D eigenvalue weighted by molar-refractivity contribution is 1.06. The van der Waals surface area contributed by atoms with Crippen molar-refractivity contribution in [1.29, 1.82) is 0 Å². The number of rotatable bonds is 2. The smallest absolute Gasteiger partial charge is 0.170 e. The first kappa shape index (κ1) is 10.9. The minimum atomic E-state index is 0.415. The Labute approximate surface area is 101 Å². The van der Waals surface area contributed by atoms with Gasteiger partial charge in [0.2, 0.25) is 0 Å². The Morgan fingerprint density at radius 3 is 2.50 bits per heavy atom. The normalized spacial score (nSPS) is 10.3. The van der Waals surface area contributed by atoms with E-state index in [0.29, 0.717) is 5.11 Å². The Morgan fingerprint density at radius 2 is 1.88 bits per heavy atom. The summed E-state index contributed by atoms with van der Waals surface area (Å²) >= 11 is 5.02. The molecule has 0 aromatic heterocycles.